The number of halogens is 2. The maximum absolute atomic E-state index is 12.9. The van der Waals surface area contributed by atoms with Gasteiger partial charge in [-0.05, 0) is 44.5 Å². The van der Waals surface area contributed by atoms with Gasteiger partial charge in [0, 0.05) is 12.7 Å². The molecule has 1 amide bonds. The number of alkyl halides is 2. The Morgan fingerprint density at radius 3 is 2.52 bits per heavy atom. The minimum absolute atomic E-state index is 0.0738. The van der Waals surface area contributed by atoms with Crippen molar-refractivity contribution in [3.8, 4) is 5.75 Å². The van der Waals surface area contributed by atoms with E-state index >= 15 is 0 Å². The van der Waals surface area contributed by atoms with Gasteiger partial charge in [-0.3, -0.25) is 9.48 Å². The molecule has 0 aliphatic heterocycles. The summed E-state index contributed by atoms with van der Waals surface area (Å²) in [6.45, 7) is 2.61. The number of aromatic nitrogens is 3. The summed E-state index contributed by atoms with van der Waals surface area (Å²) in [4.78, 5) is 17.3. The molecule has 0 bridgehead atoms. The summed E-state index contributed by atoms with van der Waals surface area (Å²) in [5.74, 6) is -0.174. The van der Waals surface area contributed by atoms with E-state index in [1.165, 1.54) is 12.1 Å². The molecule has 0 aliphatic rings. The predicted octanol–water partition coefficient (Wildman–Crippen LogP) is 3.68. The Kier molecular flexibility index (Phi) is 5.07. The molecule has 0 spiro atoms. The third-order valence-corrected chi connectivity index (χ3v) is 4.29. The Morgan fingerprint density at radius 2 is 1.89 bits per heavy atom. The zero-order valence-corrected chi connectivity index (χ0v) is 15.5. The molecule has 1 N–H and O–H groups in total. The summed E-state index contributed by atoms with van der Waals surface area (Å²) in [6.07, 6.45) is 0. The lowest BCUT2D eigenvalue weighted by atomic mass is 10.1. The molecule has 8 heteroatoms. The summed E-state index contributed by atoms with van der Waals surface area (Å²) < 4.78 is 30.5. The number of ether oxygens (including phenoxy) is 1. The average molecular weight is 374 g/mol. The van der Waals surface area contributed by atoms with Gasteiger partial charge in [0.15, 0.2) is 5.65 Å². The number of aryl methyl sites for hydroxylation is 3. The van der Waals surface area contributed by atoms with Gasteiger partial charge >= 0.3 is 6.61 Å². The summed E-state index contributed by atoms with van der Waals surface area (Å²) in [7, 11) is 1.79. The van der Waals surface area contributed by atoms with Gasteiger partial charge in [-0.2, -0.15) is 13.9 Å². The van der Waals surface area contributed by atoms with Crippen LogP contribution in [0, 0.1) is 13.8 Å². The van der Waals surface area contributed by atoms with Crippen molar-refractivity contribution in [2.24, 2.45) is 7.05 Å². The fourth-order valence-electron chi connectivity index (χ4n) is 3.04. The van der Waals surface area contributed by atoms with Crippen molar-refractivity contribution in [3.05, 3.63) is 52.8 Å². The third kappa shape index (κ3) is 3.89. The van der Waals surface area contributed by atoms with Crippen LogP contribution in [0.15, 0.2) is 30.3 Å². The molecule has 2 heterocycles. The fraction of sp³-hybridized carbons (Fsp3) is 0.316. The standard InChI is InChI=1S/C19H20F2N4O2/c1-10-9-15(16-12(3)24-25(4)17(16)22-10)18(26)23-11(2)13-5-7-14(8-6-13)27-19(20)21/h5-9,11,19H,1-4H3,(H,23,26)/t11-/m1/s1. The number of carbonyl (C=O) groups excluding carboxylic acids is 1. The van der Waals surface area contributed by atoms with Crippen molar-refractivity contribution >= 4 is 16.9 Å². The number of fused-ring (bicyclic) bond motifs is 1. The molecule has 6 nitrogen and oxygen atoms in total. The zero-order valence-electron chi connectivity index (χ0n) is 15.5. The number of benzene rings is 1. The summed E-state index contributed by atoms with van der Waals surface area (Å²) in [5.41, 5.74) is 3.38. The second-order valence-electron chi connectivity index (χ2n) is 6.36. The molecule has 2 aromatic heterocycles. The highest BCUT2D eigenvalue weighted by Gasteiger charge is 2.19. The first-order chi connectivity index (χ1) is 12.8. The monoisotopic (exact) mass is 374 g/mol. The molecular formula is C19H20F2N4O2. The Hall–Kier alpha value is -3.03. The minimum atomic E-state index is -2.87. The summed E-state index contributed by atoms with van der Waals surface area (Å²) in [6, 6.07) is 7.60. The van der Waals surface area contributed by atoms with Crippen LogP contribution in [0.1, 0.15) is 40.3 Å². The molecule has 3 aromatic rings. The van der Waals surface area contributed by atoms with Gasteiger partial charge in [-0.15, -0.1) is 0 Å². The predicted molar refractivity (Wildman–Crippen MR) is 96.9 cm³/mol. The van der Waals surface area contributed by atoms with Crippen LogP contribution in [0.2, 0.25) is 0 Å². The lowest BCUT2D eigenvalue weighted by Crippen LogP contribution is -2.27. The number of amides is 1. The highest BCUT2D eigenvalue weighted by atomic mass is 19.3. The van der Waals surface area contributed by atoms with Crippen LogP contribution < -0.4 is 10.1 Å². The summed E-state index contributed by atoms with van der Waals surface area (Å²) in [5, 5.41) is 8.00. The summed E-state index contributed by atoms with van der Waals surface area (Å²) >= 11 is 0. The van der Waals surface area contributed by atoms with Gasteiger partial charge in [0.05, 0.1) is 22.7 Å². The van der Waals surface area contributed by atoms with Crippen molar-refractivity contribution in [1.29, 1.82) is 0 Å². The molecule has 3 rings (SSSR count). The number of hydrogen-bond acceptors (Lipinski definition) is 4. The molecule has 0 aliphatic carbocycles. The largest absolute Gasteiger partial charge is 0.435 e. The first-order valence-electron chi connectivity index (χ1n) is 8.43. The normalized spacial score (nSPS) is 12.4. The van der Waals surface area contributed by atoms with Crippen molar-refractivity contribution in [2.75, 3.05) is 0 Å². The smallest absolute Gasteiger partial charge is 0.387 e. The molecule has 0 radical (unpaired) electrons. The second-order valence-corrected chi connectivity index (χ2v) is 6.36. The molecule has 0 unspecified atom stereocenters. The van der Waals surface area contributed by atoms with E-state index in [4.69, 9.17) is 0 Å². The maximum Gasteiger partial charge on any atom is 0.387 e. The highest BCUT2D eigenvalue weighted by molar-refractivity contribution is 6.06. The van der Waals surface area contributed by atoms with Crippen LogP contribution in [0.3, 0.4) is 0 Å². The number of nitrogens with one attached hydrogen (secondary N) is 1. The van der Waals surface area contributed by atoms with Crippen LogP contribution in [0.25, 0.3) is 11.0 Å². The van der Waals surface area contributed by atoms with Crippen molar-refractivity contribution in [2.45, 2.75) is 33.4 Å². The quantitative estimate of drug-likeness (QED) is 0.740. The highest BCUT2D eigenvalue weighted by Crippen LogP contribution is 2.23. The van der Waals surface area contributed by atoms with E-state index in [1.807, 2.05) is 20.8 Å². The molecule has 1 aromatic carbocycles. The van der Waals surface area contributed by atoms with E-state index in [-0.39, 0.29) is 17.7 Å². The average Bonchev–Trinajstić information content (AvgIpc) is 2.88. The van der Waals surface area contributed by atoms with Gasteiger partial charge in [-0.1, -0.05) is 12.1 Å². The van der Waals surface area contributed by atoms with Gasteiger partial charge in [-0.25, -0.2) is 4.98 Å². The topological polar surface area (TPSA) is 69.0 Å². The van der Waals surface area contributed by atoms with Gasteiger partial charge < -0.3 is 10.1 Å². The van der Waals surface area contributed by atoms with Crippen LogP contribution in [-0.2, 0) is 7.05 Å². The van der Waals surface area contributed by atoms with Crippen LogP contribution >= 0.6 is 0 Å². The Bertz CT molecular complexity index is 984. The second kappa shape index (κ2) is 7.30. The Morgan fingerprint density at radius 1 is 1.22 bits per heavy atom. The van der Waals surface area contributed by atoms with Gasteiger partial charge in [0.2, 0.25) is 0 Å². The number of pyridine rings is 1. The van der Waals surface area contributed by atoms with E-state index in [0.717, 1.165) is 17.0 Å². The lowest BCUT2D eigenvalue weighted by Gasteiger charge is -2.16. The number of hydrogen-bond donors (Lipinski definition) is 1. The number of rotatable bonds is 5. The van der Waals surface area contributed by atoms with Crippen LogP contribution in [0.5, 0.6) is 5.75 Å². The first-order valence-corrected chi connectivity index (χ1v) is 8.43. The van der Waals surface area contributed by atoms with Crippen molar-refractivity contribution in [1.82, 2.24) is 20.1 Å². The molecule has 0 saturated carbocycles. The number of nitrogens with zero attached hydrogens (tertiary/aromatic N) is 3. The third-order valence-electron chi connectivity index (χ3n) is 4.29. The lowest BCUT2D eigenvalue weighted by molar-refractivity contribution is -0.0498. The molecule has 0 saturated heterocycles. The van der Waals surface area contributed by atoms with Gasteiger partial charge in [0.1, 0.15) is 5.75 Å². The van der Waals surface area contributed by atoms with E-state index in [2.05, 4.69) is 20.1 Å². The first kappa shape index (κ1) is 18.8. The Labute approximate surface area is 155 Å². The molecule has 142 valence electrons. The Balaban J connectivity index is 1.84. The molecular weight excluding hydrogens is 354 g/mol. The van der Waals surface area contributed by atoms with E-state index in [9.17, 15) is 13.6 Å². The zero-order chi connectivity index (χ0) is 19.7. The van der Waals surface area contributed by atoms with Crippen molar-refractivity contribution < 1.29 is 18.3 Å². The minimum Gasteiger partial charge on any atom is -0.435 e. The SMILES string of the molecule is Cc1cc(C(=O)N[C@H](C)c2ccc(OC(F)F)cc2)c2c(C)nn(C)c2n1. The van der Waals surface area contributed by atoms with Gasteiger partial charge in [0.25, 0.3) is 5.91 Å². The van der Waals surface area contributed by atoms with Crippen LogP contribution in [-0.4, -0.2) is 27.3 Å². The van der Waals surface area contributed by atoms with E-state index < -0.39 is 6.61 Å². The van der Waals surface area contributed by atoms with E-state index in [1.54, 1.807) is 29.9 Å². The van der Waals surface area contributed by atoms with E-state index in [0.29, 0.717) is 16.6 Å². The van der Waals surface area contributed by atoms with Crippen LogP contribution in [0.4, 0.5) is 8.78 Å². The molecule has 27 heavy (non-hydrogen) atoms. The van der Waals surface area contributed by atoms with Crippen molar-refractivity contribution in [3.63, 3.8) is 0 Å². The maximum atomic E-state index is 12.9. The number of carbonyl (C=O) groups is 1. The molecule has 1 atom stereocenters. The molecule has 0 fully saturated rings. The fourth-order valence-corrected chi connectivity index (χ4v) is 3.04.